The summed E-state index contributed by atoms with van der Waals surface area (Å²) in [4.78, 5) is 2.43. The van der Waals surface area contributed by atoms with Crippen LogP contribution in [-0.2, 0) is 0 Å². The first-order chi connectivity index (χ1) is 9.19. The zero-order chi connectivity index (χ0) is 14.1. The smallest absolute Gasteiger partial charge is 0.00893 e. The second-order valence-electron chi connectivity index (χ2n) is 6.90. The largest absolute Gasteiger partial charge is 0.306 e. The molecule has 1 heteroatoms. The predicted octanol–water partition coefficient (Wildman–Crippen LogP) is 5.49. The molecular formula is C18H37N. The van der Waals surface area contributed by atoms with E-state index in [4.69, 9.17) is 0 Å². The van der Waals surface area contributed by atoms with Crippen LogP contribution in [0.25, 0.3) is 0 Å². The Bertz CT molecular complexity index is 204. The molecule has 0 radical (unpaired) electrons. The molecule has 0 bridgehead atoms. The molecule has 1 aliphatic carbocycles. The Morgan fingerprint density at radius 2 is 1.53 bits per heavy atom. The lowest BCUT2D eigenvalue weighted by molar-refractivity contribution is 0.150. The molecule has 1 fully saturated rings. The van der Waals surface area contributed by atoms with Crippen LogP contribution in [0.1, 0.15) is 84.5 Å². The molecule has 114 valence electrons. The molecule has 0 aromatic heterocycles. The van der Waals surface area contributed by atoms with Crippen LogP contribution in [0.4, 0.5) is 0 Å². The summed E-state index contributed by atoms with van der Waals surface area (Å²) in [6, 6.07) is 0.860. The summed E-state index contributed by atoms with van der Waals surface area (Å²) >= 11 is 0. The Balaban J connectivity index is 2.20. The molecule has 1 nitrogen and oxygen atoms in total. The molecule has 1 saturated carbocycles. The van der Waals surface area contributed by atoms with Gasteiger partial charge in [-0.25, -0.2) is 0 Å². The summed E-state index contributed by atoms with van der Waals surface area (Å²) in [5.41, 5.74) is 0. The number of rotatable bonds is 9. The number of unbranched alkanes of at least 4 members (excludes halogenated alkanes) is 4. The summed E-state index contributed by atoms with van der Waals surface area (Å²) < 4.78 is 0. The first-order valence-electron chi connectivity index (χ1n) is 8.85. The lowest BCUT2D eigenvalue weighted by Crippen LogP contribution is -2.33. The Hall–Kier alpha value is -0.0400. The Morgan fingerprint density at radius 1 is 0.895 bits per heavy atom. The third-order valence-corrected chi connectivity index (χ3v) is 5.34. The van der Waals surface area contributed by atoms with Gasteiger partial charge in [0.05, 0.1) is 0 Å². The van der Waals surface area contributed by atoms with E-state index in [1.54, 1.807) is 0 Å². The fourth-order valence-electron chi connectivity index (χ4n) is 3.87. The second-order valence-corrected chi connectivity index (χ2v) is 6.90. The highest BCUT2D eigenvalue weighted by Gasteiger charge is 2.27. The maximum atomic E-state index is 2.43. The van der Waals surface area contributed by atoms with E-state index in [9.17, 15) is 0 Å². The lowest BCUT2D eigenvalue weighted by atomic mass is 9.75. The quantitative estimate of drug-likeness (QED) is 0.499. The van der Waals surface area contributed by atoms with Gasteiger partial charge in [-0.15, -0.1) is 0 Å². The van der Waals surface area contributed by atoms with Crippen molar-refractivity contribution in [3.05, 3.63) is 0 Å². The third kappa shape index (κ3) is 6.29. The van der Waals surface area contributed by atoms with Gasteiger partial charge in [-0.3, -0.25) is 0 Å². The lowest BCUT2D eigenvalue weighted by Gasteiger charge is -2.36. The summed E-state index contributed by atoms with van der Waals surface area (Å²) in [6.07, 6.45) is 15.9. The van der Waals surface area contributed by atoms with E-state index in [0.717, 1.165) is 17.9 Å². The van der Waals surface area contributed by atoms with E-state index in [2.05, 4.69) is 32.8 Å². The Morgan fingerprint density at radius 3 is 2.05 bits per heavy atom. The molecule has 0 saturated heterocycles. The minimum absolute atomic E-state index is 0.860. The fraction of sp³-hybridized carbons (Fsp3) is 1.00. The van der Waals surface area contributed by atoms with Gasteiger partial charge in [0.25, 0.3) is 0 Å². The molecule has 0 aromatic carbocycles. The highest BCUT2D eigenvalue weighted by molar-refractivity contribution is 4.80. The second kappa shape index (κ2) is 9.80. The standard InChI is InChI=1S/C18H37N/c1-5-7-8-9-10-11-16(6-2)17-12-14-18(15-13-17)19(3)4/h16-18H,5-15H2,1-4H3/t16?,17-,18-. The zero-order valence-electron chi connectivity index (χ0n) is 14.0. The maximum Gasteiger partial charge on any atom is 0.00893 e. The summed E-state index contributed by atoms with van der Waals surface area (Å²) in [7, 11) is 4.49. The number of hydrogen-bond acceptors (Lipinski definition) is 1. The van der Waals surface area contributed by atoms with Crippen molar-refractivity contribution in [2.24, 2.45) is 11.8 Å². The summed E-state index contributed by atoms with van der Waals surface area (Å²) in [6.45, 7) is 4.72. The molecule has 0 heterocycles. The predicted molar refractivity (Wildman–Crippen MR) is 86.6 cm³/mol. The van der Waals surface area contributed by atoms with E-state index < -0.39 is 0 Å². The van der Waals surface area contributed by atoms with Crippen molar-refractivity contribution in [2.75, 3.05) is 14.1 Å². The van der Waals surface area contributed by atoms with Crippen LogP contribution in [0.3, 0.4) is 0 Å². The van der Waals surface area contributed by atoms with Gasteiger partial charge in [0.15, 0.2) is 0 Å². The van der Waals surface area contributed by atoms with Gasteiger partial charge in [0.2, 0.25) is 0 Å². The van der Waals surface area contributed by atoms with Crippen LogP contribution in [0.2, 0.25) is 0 Å². The molecule has 1 atom stereocenters. The van der Waals surface area contributed by atoms with E-state index in [1.165, 1.54) is 70.6 Å². The molecule has 0 aromatic rings. The fourth-order valence-corrected chi connectivity index (χ4v) is 3.87. The van der Waals surface area contributed by atoms with Crippen LogP contribution >= 0.6 is 0 Å². The molecular weight excluding hydrogens is 230 g/mol. The molecule has 0 spiro atoms. The first kappa shape index (κ1) is 17.0. The van der Waals surface area contributed by atoms with Crippen LogP contribution in [0.5, 0.6) is 0 Å². The van der Waals surface area contributed by atoms with Gasteiger partial charge in [-0.05, 0) is 51.6 Å². The highest BCUT2D eigenvalue weighted by atomic mass is 15.1. The molecule has 1 rings (SSSR count). The molecule has 19 heavy (non-hydrogen) atoms. The maximum absolute atomic E-state index is 2.43. The topological polar surface area (TPSA) is 3.24 Å². The Labute approximate surface area is 122 Å². The van der Waals surface area contributed by atoms with Gasteiger partial charge in [-0.2, -0.15) is 0 Å². The summed E-state index contributed by atoms with van der Waals surface area (Å²) in [5, 5.41) is 0. The molecule has 0 N–H and O–H groups in total. The molecule has 1 unspecified atom stereocenters. The highest BCUT2D eigenvalue weighted by Crippen LogP contribution is 2.35. The minimum atomic E-state index is 0.860. The third-order valence-electron chi connectivity index (χ3n) is 5.34. The van der Waals surface area contributed by atoms with Crippen molar-refractivity contribution >= 4 is 0 Å². The molecule has 0 amide bonds. The first-order valence-corrected chi connectivity index (χ1v) is 8.85. The molecule has 0 aliphatic heterocycles. The van der Waals surface area contributed by atoms with Gasteiger partial charge < -0.3 is 4.90 Å². The van der Waals surface area contributed by atoms with Crippen molar-refractivity contribution in [1.29, 1.82) is 0 Å². The van der Waals surface area contributed by atoms with Gasteiger partial charge in [-0.1, -0.05) is 58.8 Å². The monoisotopic (exact) mass is 267 g/mol. The van der Waals surface area contributed by atoms with Gasteiger partial charge >= 0.3 is 0 Å². The van der Waals surface area contributed by atoms with Crippen molar-refractivity contribution in [3.8, 4) is 0 Å². The van der Waals surface area contributed by atoms with Crippen LogP contribution < -0.4 is 0 Å². The van der Waals surface area contributed by atoms with Crippen molar-refractivity contribution < 1.29 is 0 Å². The van der Waals surface area contributed by atoms with Gasteiger partial charge in [0.1, 0.15) is 0 Å². The van der Waals surface area contributed by atoms with E-state index in [-0.39, 0.29) is 0 Å². The molecule has 1 aliphatic rings. The number of hydrogen-bond donors (Lipinski definition) is 0. The van der Waals surface area contributed by atoms with E-state index in [0.29, 0.717) is 0 Å². The van der Waals surface area contributed by atoms with Crippen molar-refractivity contribution in [2.45, 2.75) is 90.5 Å². The summed E-state index contributed by atoms with van der Waals surface area (Å²) in [5.74, 6) is 2.05. The minimum Gasteiger partial charge on any atom is -0.306 e. The zero-order valence-corrected chi connectivity index (χ0v) is 14.0. The van der Waals surface area contributed by atoms with Crippen LogP contribution in [-0.4, -0.2) is 25.0 Å². The van der Waals surface area contributed by atoms with E-state index in [1.807, 2.05) is 0 Å². The average Bonchev–Trinajstić information content (AvgIpc) is 2.43. The van der Waals surface area contributed by atoms with Crippen molar-refractivity contribution in [1.82, 2.24) is 4.90 Å². The SMILES string of the molecule is CCCCCCCC(CC)[C@H]1CC[C@H](N(C)C)CC1. The van der Waals surface area contributed by atoms with Crippen LogP contribution in [0.15, 0.2) is 0 Å². The normalized spacial score (nSPS) is 25.7. The van der Waals surface area contributed by atoms with Gasteiger partial charge in [0, 0.05) is 6.04 Å². The number of nitrogens with zero attached hydrogens (tertiary/aromatic N) is 1. The van der Waals surface area contributed by atoms with E-state index >= 15 is 0 Å². The van der Waals surface area contributed by atoms with Crippen LogP contribution in [0, 0.1) is 11.8 Å². The average molecular weight is 268 g/mol. The van der Waals surface area contributed by atoms with Crippen molar-refractivity contribution in [3.63, 3.8) is 0 Å². The Kier molecular flexibility index (Phi) is 8.77.